The fourth-order valence-corrected chi connectivity index (χ4v) is 3.42. The van der Waals surface area contributed by atoms with Crippen molar-refractivity contribution in [1.82, 2.24) is 10.6 Å². The van der Waals surface area contributed by atoms with E-state index in [1.54, 1.807) is 7.05 Å². The number of aryl methyl sites for hydroxylation is 1. The molecule has 0 fully saturated rings. The van der Waals surface area contributed by atoms with Crippen LogP contribution >= 0.6 is 15.9 Å². The number of sulfone groups is 1. The molecule has 0 saturated heterocycles. The summed E-state index contributed by atoms with van der Waals surface area (Å²) in [4.78, 5) is 16.1. The van der Waals surface area contributed by atoms with Gasteiger partial charge in [-0.25, -0.2) is 8.42 Å². The molecule has 1 amide bonds. The number of anilines is 1. The molecule has 1 aromatic rings. The standard InChI is InChI=1S/C17H27BrN4O3S/c1-12-11-14(18)5-6-15(12)22-16(23)7-9-20-17(19-3)21-13(2)8-10-26(4,24)25/h5-6,11,13H,7-10H2,1-4H3,(H,22,23)(H2,19,20,21). The largest absolute Gasteiger partial charge is 0.356 e. The molecule has 0 heterocycles. The minimum Gasteiger partial charge on any atom is -0.356 e. The highest BCUT2D eigenvalue weighted by atomic mass is 79.9. The Hall–Kier alpha value is -1.61. The van der Waals surface area contributed by atoms with Gasteiger partial charge in [0, 0.05) is 42.5 Å². The number of hydrogen-bond donors (Lipinski definition) is 3. The van der Waals surface area contributed by atoms with Gasteiger partial charge in [0.25, 0.3) is 0 Å². The predicted molar refractivity (Wildman–Crippen MR) is 110 cm³/mol. The molecular formula is C17H27BrN4O3S. The van der Waals surface area contributed by atoms with E-state index in [-0.39, 0.29) is 24.1 Å². The Labute approximate surface area is 164 Å². The third kappa shape index (κ3) is 9.19. The summed E-state index contributed by atoms with van der Waals surface area (Å²) < 4.78 is 23.4. The van der Waals surface area contributed by atoms with Gasteiger partial charge < -0.3 is 16.0 Å². The molecule has 0 bridgehead atoms. The van der Waals surface area contributed by atoms with E-state index in [0.29, 0.717) is 18.9 Å². The molecule has 1 atom stereocenters. The Morgan fingerprint density at radius 3 is 2.62 bits per heavy atom. The second-order valence-electron chi connectivity index (χ2n) is 6.22. The molecular weight excluding hydrogens is 420 g/mol. The van der Waals surface area contributed by atoms with Crippen LogP contribution in [0.4, 0.5) is 5.69 Å². The summed E-state index contributed by atoms with van der Waals surface area (Å²) in [7, 11) is -1.35. The number of carbonyl (C=O) groups is 1. The number of nitrogens with zero attached hydrogens (tertiary/aromatic N) is 1. The van der Waals surface area contributed by atoms with Crippen LogP contribution in [-0.4, -0.2) is 51.9 Å². The van der Waals surface area contributed by atoms with E-state index in [1.165, 1.54) is 6.26 Å². The second kappa shape index (κ2) is 10.5. The van der Waals surface area contributed by atoms with Crippen LogP contribution in [0.3, 0.4) is 0 Å². The Bertz CT molecular complexity index is 750. The van der Waals surface area contributed by atoms with Crippen molar-refractivity contribution in [3.8, 4) is 0 Å². The molecule has 0 aliphatic carbocycles. The van der Waals surface area contributed by atoms with Crippen molar-refractivity contribution < 1.29 is 13.2 Å². The molecule has 146 valence electrons. The number of benzene rings is 1. The first-order valence-corrected chi connectivity index (χ1v) is 11.2. The first-order valence-electron chi connectivity index (χ1n) is 8.31. The van der Waals surface area contributed by atoms with Crippen molar-refractivity contribution in [1.29, 1.82) is 0 Å². The Kier molecular flexibility index (Phi) is 9.07. The summed E-state index contributed by atoms with van der Waals surface area (Å²) in [5.41, 5.74) is 1.77. The number of rotatable bonds is 8. The van der Waals surface area contributed by atoms with Gasteiger partial charge in [-0.05, 0) is 44.0 Å². The van der Waals surface area contributed by atoms with Gasteiger partial charge in [-0.2, -0.15) is 0 Å². The van der Waals surface area contributed by atoms with Gasteiger partial charge in [0.1, 0.15) is 9.84 Å². The number of halogens is 1. The van der Waals surface area contributed by atoms with Gasteiger partial charge in [-0.15, -0.1) is 0 Å². The molecule has 0 aliphatic rings. The van der Waals surface area contributed by atoms with Crippen LogP contribution in [0.5, 0.6) is 0 Å². The van der Waals surface area contributed by atoms with Crippen LogP contribution in [-0.2, 0) is 14.6 Å². The first-order chi connectivity index (χ1) is 12.1. The molecule has 1 unspecified atom stereocenters. The lowest BCUT2D eigenvalue weighted by atomic mass is 10.2. The molecule has 9 heteroatoms. The minimum absolute atomic E-state index is 0.0461. The van der Waals surface area contributed by atoms with Crippen LogP contribution in [0.25, 0.3) is 0 Å². The predicted octanol–water partition coefficient (Wildman–Crippen LogP) is 2.07. The highest BCUT2D eigenvalue weighted by molar-refractivity contribution is 9.10. The third-order valence-electron chi connectivity index (χ3n) is 3.64. The Morgan fingerprint density at radius 1 is 1.35 bits per heavy atom. The quantitative estimate of drug-likeness (QED) is 0.419. The maximum absolute atomic E-state index is 12.1. The van der Waals surface area contributed by atoms with E-state index < -0.39 is 9.84 Å². The summed E-state index contributed by atoms with van der Waals surface area (Å²) >= 11 is 3.39. The fourth-order valence-electron chi connectivity index (χ4n) is 2.17. The van der Waals surface area contributed by atoms with Crippen molar-refractivity contribution in [2.45, 2.75) is 32.7 Å². The number of aliphatic imine (C=N–C) groups is 1. The summed E-state index contributed by atoms with van der Waals surface area (Å²) in [6.07, 6.45) is 2.00. The maximum atomic E-state index is 12.1. The number of hydrogen-bond acceptors (Lipinski definition) is 4. The van der Waals surface area contributed by atoms with Crippen LogP contribution in [0.1, 0.15) is 25.3 Å². The van der Waals surface area contributed by atoms with Gasteiger partial charge in [0.2, 0.25) is 5.91 Å². The molecule has 0 saturated carbocycles. The maximum Gasteiger partial charge on any atom is 0.226 e. The summed E-state index contributed by atoms with van der Waals surface area (Å²) in [6, 6.07) is 5.63. The lowest BCUT2D eigenvalue weighted by Gasteiger charge is -2.17. The van der Waals surface area contributed by atoms with E-state index in [2.05, 4.69) is 36.9 Å². The molecule has 1 aromatic carbocycles. The average molecular weight is 447 g/mol. The van der Waals surface area contributed by atoms with Gasteiger partial charge in [0.15, 0.2) is 5.96 Å². The van der Waals surface area contributed by atoms with Crippen LogP contribution in [0.2, 0.25) is 0 Å². The van der Waals surface area contributed by atoms with E-state index in [1.807, 2.05) is 32.0 Å². The van der Waals surface area contributed by atoms with Crippen molar-refractivity contribution in [3.05, 3.63) is 28.2 Å². The van der Waals surface area contributed by atoms with E-state index >= 15 is 0 Å². The van der Waals surface area contributed by atoms with Crippen molar-refractivity contribution in [2.75, 3.05) is 30.9 Å². The molecule has 7 nitrogen and oxygen atoms in total. The topological polar surface area (TPSA) is 99.7 Å². The Balaban J connectivity index is 2.38. The molecule has 26 heavy (non-hydrogen) atoms. The lowest BCUT2D eigenvalue weighted by Crippen LogP contribution is -2.43. The van der Waals surface area contributed by atoms with Crippen molar-refractivity contribution in [2.24, 2.45) is 4.99 Å². The summed E-state index contributed by atoms with van der Waals surface area (Å²) in [6.45, 7) is 4.24. The average Bonchev–Trinajstić information content (AvgIpc) is 2.54. The number of nitrogens with one attached hydrogen (secondary N) is 3. The minimum atomic E-state index is -2.98. The van der Waals surface area contributed by atoms with Gasteiger partial charge in [-0.1, -0.05) is 15.9 Å². The SMILES string of the molecule is CN=C(NCCC(=O)Nc1ccc(Br)cc1C)NC(C)CCS(C)(=O)=O. The van der Waals surface area contributed by atoms with Crippen molar-refractivity contribution >= 4 is 43.3 Å². The summed E-state index contributed by atoms with van der Waals surface area (Å²) in [5, 5.41) is 9.05. The van der Waals surface area contributed by atoms with Gasteiger partial charge in [-0.3, -0.25) is 9.79 Å². The van der Waals surface area contributed by atoms with Crippen LogP contribution in [0, 0.1) is 6.92 Å². The number of amides is 1. The van der Waals surface area contributed by atoms with Crippen molar-refractivity contribution in [3.63, 3.8) is 0 Å². The molecule has 3 N–H and O–H groups in total. The summed E-state index contributed by atoms with van der Waals surface area (Å²) in [5.74, 6) is 0.565. The number of guanidine groups is 1. The smallest absolute Gasteiger partial charge is 0.226 e. The molecule has 0 aromatic heterocycles. The molecule has 0 radical (unpaired) electrons. The number of carbonyl (C=O) groups excluding carboxylic acids is 1. The normalized spacial score (nSPS) is 13.2. The van der Waals surface area contributed by atoms with Crippen LogP contribution in [0.15, 0.2) is 27.7 Å². The van der Waals surface area contributed by atoms with E-state index in [0.717, 1.165) is 15.7 Å². The lowest BCUT2D eigenvalue weighted by molar-refractivity contribution is -0.116. The molecule has 0 aliphatic heterocycles. The fraction of sp³-hybridized carbons (Fsp3) is 0.529. The van der Waals surface area contributed by atoms with E-state index in [4.69, 9.17) is 0 Å². The van der Waals surface area contributed by atoms with Gasteiger partial charge in [0.05, 0.1) is 5.75 Å². The Morgan fingerprint density at radius 2 is 2.04 bits per heavy atom. The third-order valence-corrected chi connectivity index (χ3v) is 5.11. The zero-order valence-electron chi connectivity index (χ0n) is 15.6. The van der Waals surface area contributed by atoms with Gasteiger partial charge >= 0.3 is 0 Å². The molecule has 0 spiro atoms. The monoisotopic (exact) mass is 446 g/mol. The zero-order chi connectivity index (χ0) is 19.7. The second-order valence-corrected chi connectivity index (χ2v) is 9.40. The highest BCUT2D eigenvalue weighted by Gasteiger charge is 2.10. The molecule has 1 rings (SSSR count). The first kappa shape index (κ1) is 22.4. The van der Waals surface area contributed by atoms with Crippen LogP contribution < -0.4 is 16.0 Å². The highest BCUT2D eigenvalue weighted by Crippen LogP contribution is 2.19. The zero-order valence-corrected chi connectivity index (χ0v) is 18.0. The van der Waals surface area contributed by atoms with E-state index in [9.17, 15) is 13.2 Å².